The highest BCUT2D eigenvalue weighted by Gasteiger charge is 2.33. The summed E-state index contributed by atoms with van der Waals surface area (Å²) in [5.41, 5.74) is 1.69. The van der Waals surface area contributed by atoms with E-state index < -0.39 is 30.5 Å². The molecule has 5 rings (SSSR count). The Morgan fingerprint density at radius 2 is 1.88 bits per heavy atom. The summed E-state index contributed by atoms with van der Waals surface area (Å²) in [7, 11) is 0. The molecule has 0 aliphatic heterocycles. The predicted molar refractivity (Wildman–Crippen MR) is 149 cm³/mol. The molecule has 0 aromatic carbocycles. The maximum Gasteiger partial charge on any atom is 0.504 e. The normalized spacial score (nSPS) is 18.3. The van der Waals surface area contributed by atoms with Gasteiger partial charge in [-0.15, -0.1) is 13.2 Å². The average Bonchev–Trinajstić information content (AvgIpc) is 3.63. The molecule has 0 bridgehead atoms. The number of carbonyl (C=O) groups excluding carboxylic acids is 1. The van der Waals surface area contributed by atoms with Crippen molar-refractivity contribution in [1.29, 1.82) is 5.26 Å². The number of carbonyl (C=O) groups is 1. The quantitative estimate of drug-likeness (QED) is 0.245. The Labute approximate surface area is 244 Å². The lowest BCUT2D eigenvalue weighted by atomic mass is 9.83. The molecule has 0 saturated heterocycles. The lowest BCUT2D eigenvalue weighted by Gasteiger charge is -2.30. The molecule has 1 saturated carbocycles. The van der Waals surface area contributed by atoms with Crippen LogP contribution in [0.4, 0.5) is 23.2 Å². The van der Waals surface area contributed by atoms with Crippen LogP contribution in [0.3, 0.4) is 0 Å². The molecule has 0 radical (unpaired) electrons. The molecule has 1 amide bonds. The van der Waals surface area contributed by atoms with Gasteiger partial charge < -0.3 is 15.7 Å². The molecule has 4 aromatic heterocycles. The van der Waals surface area contributed by atoms with E-state index in [-0.39, 0.29) is 22.2 Å². The SMILES string of the molecule is CC(C)(O)[C@H](F)CNC(=O)c1cnc(-c2ccc3cc(C#N)cnn23)cc1N[C@H]1CC[C@H](c2cnn(C(F)(F)F)c2)CC1. The van der Waals surface area contributed by atoms with Crippen LogP contribution in [0.5, 0.6) is 0 Å². The number of nitrogens with zero attached hydrogens (tertiary/aromatic N) is 6. The van der Waals surface area contributed by atoms with Crippen molar-refractivity contribution in [3.05, 3.63) is 65.7 Å². The van der Waals surface area contributed by atoms with E-state index in [4.69, 9.17) is 0 Å². The number of anilines is 1. The highest BCUT2D eigenvalue weighted by Crippen LogP contribution is 2.36. The first-order chi connectivity index (χ1) is 20.3. The van der Waals surface area contributed by atoms with E-state index in [0.29, 0.717) is 59.4 Å². The second-order valence-electron chi connectivity index (χ2n) is 11.2. The highest BCUT2D eigenvalue weighted by atomic mass is 19.4. The van der Waals surface area contributed by atoms with Gasteiger partial charge >= 0.3 is 6.30 Å². The molecule has 1 aliphatic rings. The van der Waals surface area contributed by atoms with Crippen molar-refractivity contribution >= 4 is 17.1 Å². The van der Waals surface area contributed by atoms with Gasteiger partial charge in [0.2, 0.25) is 0 Å². The van der Waals surface area contributed by atoms with E-state index >= 15 is 0 Å². The average molecular weight is 599 g/mol. The Bertz CT molecular complexity index is 1660. The number of alkyl halides is 4. The largest absolute Gasteiger partial charge is 0.504 e. The van der Waals surface area contributed by atoms with Crippen LogP contribution in [0.1, 0.15) is 66.9 Å². The Morgan fingerprint density at radius 1 is 1.14 bits per heavy atom. The van der Waals surface area contributed by atoms with Crippen molar-refractivity contribution in [1.82, 2.24) is 29.7 Å². The Hall–Kier alpha value is -4.51. The minimum atomic E-state index is -4.57. The van der Waals surface area contributed by atoms with Gasteiger partial charge in [0.15, 0.2) is 0 Å². The number of aliphatic hydroxyl groups is 1. The Morgan fingerprint density at radius 3 is 2.53 bits per heavy atom. The molecular weight excluding hydrogens is 568 g/mol. The summed E-state index contributed by atoms with van der Waals surface area (Å²) in [6.45, 7) is 2.22. The smallest absolute Gasteiger partial charge is 0.387 e. The molecular formula is C29H30F4N8O2. The molecule has 0 unspecified atom stereocenters. The zero-order chi connectivity index (χ0) is 30.9. The van der Waals surface area contributed by atoms with Crippen LogP contribution in [0.15, 0.2) is 49.1 Å². The Kier molecular flexibility index (Phi) is 8.11. The molecule has 1 aliphatic carbocycles. The molecule has 1 fully saturated rings. The van der Waals surface area contributed by atoms with Gasteiger partial charge in [-0.3, -0.25) is 9.78 Å². The van der Waals surface area contributed by atoms with Gasteiger partial charge in [0, 0.05) is 18.4 Å². The molecule has 3 N–H and O–H groups in total. The number of hydrogen-bond acceptors (Lipinski definition) is 7. The third-order valence-electron chi connectivity index (χ3n) is 7.67. The van der Waals surface area contributed by atoms with E-state index in [0.717, 1.165) is 6.20 Å². The summed E-state index contributed by atoms with van der Waals surface area (Å²) in [6, 6.07) is 8.91. The van der Waals surface area contributed by atoms with Gasteiger partial charge in [0.25, 0.3) is 5.91 Å². The van der Waals surface area contributed by atoms with Crippen LogP contribution in [0, 0.1) is 11.3 Å². The number of nitrogens with one attached hydrogen (secondary N) is 2. The van der Waals surface area contributed by atoms with Gasteiger partial charge in [0.1, 0.15) is 12.2 Å². The summed E-state index contributed by atoms with van der Waals surface area (Å²) >= 11 is 0. The van der Waals surface area contributed by atoms with Crippen molar-refractivity contribution < 1.29 is 27.5 Å². The molecule has 1 atom stereocenters. The van der Waals surface area contributed by atoms with Crippen molar-refractivity contribution in [2.45, 2.75) is 69.6 Å². The first-order valence-corrected chi connectivity index (χ1v) is 13.7. The fourth-order valence-corrected chi connectivity index (χ4v) is 5.15. The van der Waals surface area contributed by atoms with Crippen molar-refractivity contribution in [3.63, 3.8) is 0 Å². The van der Waals surface area contributed by atoms with Crippen molar-refractivity contribution in [3.8, 4) is 17.5 Å². The summed E-state index contributed by atoms with van der Waals surface area (Å²) in [6.07, 6.45) is 1.30. The molecule has 4 aromatic rings. The lowest BCUT2D eigenvalue weighted by Crippen LogP contribution is -2.42. The first-order valence-electron chi connectivity index (χ1n) is 13.7. The zero-order valence-electron chi connectivity index (χ0n) is 23.4. The summed E-state index contributed by atoms with van der Waals surface area (Å²) < 4.78 is 55.0. The number of halogens is 4. The summed E-state index contributed by atoms with van der Waals surface area (Å²) in [5.74, 6) is -0.664. The van der Waals surface area contributed by atoms with Crippen molar-refractivity contribution in [2.24, 2.45) is 0 Å². The number of hydrogen-bond donors (Lipinski definition) is 3. The zero-order valence-corrected chi connectivity index (χ0v) is 23.4. The number of pyridine rings is 1. The van der Waals surface area contributed by atoms with E-state index in [1.54, 1.807) is 28.8 Å². The molecule has 0 spiro atoms. The van der Waals surface area contributed by atoms with Gasteiger partial charge in [-0.2, -0.15) is 20.1 Å². The fraction of sp³-hybridized carbons (Fsp3) is 0.414. The number of rotatable bonds is 8. The van der Waals surface area contributed by atoms with Crippen LogP contribution in [0.2, 0.25) is 0 Å². The molecule has 10 nitrogen and oxygen atoms in total. The molecule has 43 heavy (non-hydrogen) atoms. The number of amides is 1. The number of aromatic nitrogens is 5. The predicted octanol–water partition coefficient (Wildman–Crippen LogP) is 4.92. The molecule has 14 heteroatoms. The van der Waals surface area contributed by atoms with Gasteiger partial charge in [-0.1, -0.05) is 0 Å². The third kappa shape index (κ3) is 6.61. The monoisotopic (exact) mass is 598 g/mol. The molecule has 4 heterocycles. The van der Waals surface area contributed by atoms with E-state index in [1.165, 1.54) is 32.4 Å². The first kappa shape index (κ1) is 30.0. The van der Waals surface area contributed by atoms with Crippen molar-refractivity contribution in [2.75, 3.05) is 11.9 Å². The summed E-state index contributed by atoms with van der Waals surface area (Å²) in [4.78, 5) is 17.6. The van der Waals surface area contributed by atoms with E-state index in [2.05, 4.69) is 31.9 Å². The number of fused-ring (bicyclic) bond motifs is 1. The topological polar surface area (TPSA) is 133 Å². The van der Waals surface area contributed by atoms with Crippen LogP contribution in [-0.2, 0) is 6.30 Å². The van der Waals surface area contributed by atoms with Crippen LogP contribution < -0.4 is 10.6 Å². The van der Waals surface area contributed by atoms with Crippen LogP contribution in [0.25, 0.3) is 16.9 Å². The maximum absolute atomic E-state index is 14.4. The minimum absolute atomic E-state index is 0.0111. The highest BCUT2D eigenvalue weighted by molar-refractivity contribution is 6.00. The summed E-state index contributed by atoms with van der Waals surface area (Å²) in [5, 5.41) is 32.8. The minimum Gasteiger partial charge on any atom is -0.387 e. The van der Waals surface area contributed by atoms with E-state index in [9.17, 15) is 32.7 Å². The Balaban J connectivity index is 1.38. The van der Waals surface area contributed by atoms with Gasteiger partial charge in [-0.25, -0.2) is 8.91 Å². The lowest BCUT2D eigenvalue weighted by molar-refractivity contribution is -0.212. The van der Waals surface area contributed by atoms with Crippen LogP contribution >= 0.6 is 0 Å². The molecule has 226 valence electrons. The second kappa shape index (κ2) is 11.6. The maximum atomic E-state index is 14.4. The second-order valence-corrected chi connectivity index (χ2v) is 11.2. The fourth-order valence-electron chi connectivity index (χ4n) is 5.15. The van der Waals surface area contributed by atoms with E-state index in [1.807, 2.05) is 0 Å². The third-order valence-corrected chi connectivity index (χ3v) is 7.67. The van der Waals surface area contributed by atoms with Gasteiger partial charge in [-0.05, 0) is 75.3 Å². The standard InChI is InChI=1S/C29H30F4N8O2/c1-28(2,43)26(30)15-36-27(42)22-14-35-24(25-8-7-21-9-17(11-34)12-38-41(21)25)10-23(22)39-20-5-3-18(4-6-20)19-13-37-40(16-19)29(31,32)33/h7-10,12-14,16,18,20,26,43H,3-6,15H2,1-2H3,(H,35,39)(H,36,42)/t18-,20-,26-/m1/s1. The number of nitriles is 1. The van der Waals surface area contributed by atoms with Gasteiger partial charge in [0.05, 0.1) is 58.3 Å². The van der Waals surface area contributed by atoms with Crippen LogP contribution in [-0.4, -0.2) is 59.8 Å².